The van der Waals surface area contributed by atoms with Crippen LogP contribution in [-0.2, 0) is 20.9 Å². The highest BCUT2D eigenvalue weighted by molar-refractivity contribution is 7.04. The van der Waals surface area contributed by atoms with Crippen molar-refractivity contribution in [1.29, 1.82) is 0 Å². The molecule has 0 unspecified atom stereocenters. The van der Waals surface area contributed by atoms with Crippen LogP contribution in [0.5, 0.6) is 0 Å². The van der Waals surface area contributed by atoms with Crippen LogP contribution in [0.15, 0.2) is 35.4 Å². The van der Waals surface area contributed by atoms with Crippen molar-refractivity contribution in [2.24, 2.45) is 28.8 Å². The third kappa shape index (κ3) is 6.05. The molecule has 1 aliphatic carbocycles. The van der Waals surface area contributed by atoms with E-state index >= 15 is 0 Å². The summed E-state index contributed by atoms with van der Waals surface area (Å²) >= 11 is 0. The van der Waals surface area contributed by atoms with Crippen molar-refractivity contribution >= 4 is 25.5 Å². The zero-order valence-corrected chi connectivity index (χ0v) is 22.2. The highest BCUT2D eigenvalue weighted by atomic mass is 28.3. The number of amides is 1. The minimum absolute atomic E-state index is 0.121. The highest BCUT2D eigenvalue weighted by Crippen LogP contribution is 2.36. The molecule has 7 heteroatoms. The van der Waals surface area contributed by atoms with E-state index in [4.69, 9.17) is 9.47 Å². The molecular weight excluding hydrogens is 432 g/mol. The molecule has 33 heavy (non-hydrogen) atoms. The lowest BCUT2D eigenvalue weighted by Gasteiger charge is -2.36. The largest absolute Gasteiger partial charge is 0.460 e. The Bertz CT molecular complexity index is 865. The minimum Gasteiger partial charge on any atom is -0.460 e. The van der Waals surface area contributed by atoms with Gasteiger partial charge in [0, 0.05) is 11.3 Å². The van der Waals surface area contributed by atoms with Gasteiger partial charge >= 0.3 is 12.1 Å². The van der Waals surface area contributed by atoms with Gasteiger partial charge in [-0.15, -0.1) is 0 Å². The van der Waals surface area contributed by atoms with Crippen LogP contribution in [0.4, 0.5) is 4.79 Å². The zero-order chi connectivity index (χ0) is 24.3. The summed E-state index contributed by atoms with van der Waals surface area (Å²) in [5.41, 5.74) is 0.891. The molecule has 0 spiro atoms. The Morgan fingerprint density at radius 1 is 1.12 bits per heavy atom. The molecule has 1 aliphatic heterocycles. The number of hydrazone groups is 1. The van der Waals surface area contributed by atoms with Gasteiger partial charge in [-0.3, -0.25) is 0 Å². The Morgan fingerprint density at radius 2 is 1.79 bits per heavy atom. The van der Waals surface area contributed by atoms with Gasteiger partial charge in [-0.25, -0.2) is 9.59 Å². The standard InChI is InChI=1S/C26H40N2O4Si/c1-17(2)21-14-13-18(3)22(15-21)32-25(29)23-19(4)24(33(5,6)7)27-28(23)26(30)31-16-20-11-9-8-10-12-20/h8-12,17-19,21-23H,13-16H2,1-7H3/t18-,19-,21-,22+,23+/m1/s1. The van der Waals surface area contributed by atoms with Gasteiger partial charge in [-0.2, -0.15) is 10.1 Å². The van der Waals surface area contributed by atoms with E-state index in [9.17, 15) is 9.59 Å². The summed E-state index contributed by atoms with van der Waals surface area (Å²) in [4.78, 5) is 26.5. The molecule has 0 saturated heterocycles. The summed E-state index contributed by atoms with van der Waals surface area (Å²) in [5, 5.41) is 6.84. The van der Waals surface area contributed by atoms with Gasteiger partial charge in [0.2, 0.25) is 0 Å². The first-order chi connectivity index (χ1) is 15.5. The van der Waals surface area contributed by atoms with Crippen molar-refractivity contribution in [2.75, 3.05) is 0 Å². The molecule has 1 heterocycles. The summed E-state index contributed by atoms with van der Waals surface area (Å²) in [5.74, 6) is 0.887. The first-order valence-corrected chi connectivity index (χ1v) is 15.8. The summed E-state index contributed by atoms with van der Waals surface area (Å²) in [7, 11) is -1.85. The molecule has 3 rings (SSSR count). The maximum absolute atomic E-state index is 13.5. The lowest BCUT2D eigenvalue weighted by atomic mass is 9.76. The number of rotatable bonds is 6. The fourth-order valence-corrected chi connectivity index (χ4v) is 6.94. The molecule has 1 aromatic carbocycles. The molecule has 182 valence electrons. The Kier molecular flexibility index (Phi) is 8.03. The molecule has 0 bridgehead atoms. The van der Waals surface area contributed by atoms with Crippen molar-refractivity contribution in [3.8, 4) is 0 Å². The van der Waals surface area contributed by atoms with Crippen LogP contribution in [-0.4, -0.2) is 42.6 Å². The molecule has 1 fully saturated rings. The molecule has 0 aromatic heterocycles. The van der Waals surface area contributed by atoms with Crippen LogP contribution >= 0.6 is 0 Å². The lowest BCUT2D eigenvalue weighted by Crippen LogP contribution is -2.47. The summed E-state index contributed by atoms with van der Waals surface area (Å²) < 4.78 is 11.6. The van der Waals surface area contributed by atoms with E-state index in [1.54, 1.807) is 0 Å². The summed E-state index contributed by atoms with van der Waals surface area (Å²) in [6.07, 6.45) is 2.39. The number of hydrogen-bond acceptors (Lipinski definition) is 5. The quantitative estimate of drug-likeness (QED) is 0.383. The van der Waals surface area contributed by atoms with Gasteiger partial charge in [0.25, 0.3) is 0 Å². The SMILES string of the molecule is CC(C)[C@@H]1CC[C@@H](C)[C@@H](OC(=O)[C@@H]2[C@@H](C)C([Si](C)(C)C)=NN2C(=O)OCc2ccccc2)C1. The number of benzene rings is 1. The molecule has 0 N–H and O–H groups in total. The number of carbonyl (C=O) groups excluding carboxylic acids is 2. The predicted octanol–water partition coefficient (Wildman–Crippen LogP) is 5.88. The second-order valence-electron chi connectivity index (χ2n) is 11.1. The molecule has 1 saturated carbocycles. The monoisotopic (exact) mass is 472 g/mol. The van der Waals surface area contributed by atoms with Crippen LogP contribution in [0.2, 0.25) is 19.6 Å². The average molecular weight is 473 g/mol. The van der Waals surface area contributed by atoms with E-state index < -0.39 is 20.2 Å². The molecule has 1 amide bonds. The van der Waals surface area contributed by atoms with Crippen LogP contribution in [0.3, 0.4) is 0 Å². The fourth-order valence-electron chi connectivity index (χ4n) is 5.01. The molecule has 1 aromatic rings. The van der Waals surface area contributed by atoms with Crippen molar-refractivity contribution < 1.29 is 19.1 Å². The Hall–Kier alpha value is -2.15. The van der Waals surface area contributed by atoms with Crippen molar-refractivity contribution in [1.82, 2.24) is 5.01 Å². The van der Waals surface area contributed by atoms with Crippen molar-refractivity contribution in [3.05, 3.63) is 35.9 Å². The van der Waals surface area contributed by atoms with E-state index in [-0.39, 0.29) is 24.6 Å². The third-order valence-corrected chi connectivity index (χ3v) is 9.25. The van der Waals surface area contributed by atoms with Gasteiger partial charge in [-0.05, 0) is 42.6 Å². The van der Waals surface area contributed by atoms with Gasteiger partial charge in [0.1, 0.15) is 12.7 Å². The topological polar surface area (TPSA) is 68.2 Å². The number of ether oxygens (including phenoxy) is 2. The average Bonchev–Trinajstić information content (AvgIpc) is 3.12. The van der Waals surface area contributed by atoms with Gasteiger partial charge in [0.15, 0.2) is 6.04 Å². The molecule has 5 atom stereocenters. The second-order valence-corrected chi connectivity index (χ2v) is 16.1. The molecule has 0 radical (unpaired) electrons. The van der Waals surface area contributed by atoms with Crippen molar-refractivity contribution in [2.45, 2.75) is 85.4 Å². The maximum Gasteiger partial charge on any atom is 0.431 e. The minimum atomic E-state index is -1.85. The first-order valence-electron chi connectivity index (χ1n) is 12.3. The van der Waals surface area contributed by atoms with E-state index in [0.29, 0.717) is 17.8 Å². The Morgan fingerprint density at radius 3 is 2.39 bits per heavy atom. The van der Waals surface area contributed by atoms with Crippen LogP contribution < -0.4 is 0 Å². The van der Waals surface area contributed by atoms with E-state index in [0.717, 1.165) is 23.7 Å². The molecular formula is C26H40N2O4Si. The third-order valence-electron chi connectivity index (χ3n) is 7.16. The van der Waals surface area contributed by atoms with Gasteiger partial charge in [-0.1, -0.05) is 77.7 Å². The highest BCUT2D eigenvalue weighted by Gasteiger charge is 2.48. The first kappa shape index (κ1) is 25.5. The molecule has 2 aliphatic rings. The number of esters is 1. The number of carbonyl (C=O) groups is 2. The van der Waals surface area contributed by atoms with E-state index in [1.165, 1.54) is 11.4 Å². The summed E-state index contributed by atoms with van der Waals surface area (Å²) in [6, 6.07) is 8.74. The number of nitrogens with zero attached hydrogens (tertiary/aromatic N) is 2. The second kappa shape index (κ2) is 10.4. The smallest absolute Gasteiger partial charge is 0.431 e. The normalized spacial score (nSPS) is 27.9. The Labute approximate surface area is 199 Å². The van der Waals surface area contributed by atoms with E-state index in [2.05, 4.69) is 45.5 Å². The van der Waals surface area contributed by atoms with Crippen LogP contribution in [0, 0.1) is 23.7 Å². The predicted molar refractivity (Wildman–Crippen MR) is 133 cm³/mol. The fraction of sp³-hybridized carbons (Fsp3) is 0.654. The lowest BCUT2D eigenvalue weighted by molar-refractivity contribution is -0.161. The van der Waals surface area contributed by atoms with Crippen LogP contribution in [0.1, 0.15) is 52.5 Å². The van der Waals surface area contributed by atoms with Gasteiger partial charge in [0.05, 0.1) is 8.07 Å². The zero-order valence-electron chi connectivity index (χ0n) is 21.2. The van der Waals surface area contributed by atoms with Gasteiger partial charge < -0.3 is 9.47 Å². The van der Waals surface area contributed by atoms with Crippen LogP contribution in [0.25, 0.3) is 0 Å². The summed E-state index contributed by atoms with van der Waals surface area (Å²) in [6.45, 7) is 15.3. The van der Waals surface area contributed by atoms with E-state index in [1.807, 2.05) is 37.3 Å². The molecule has 6 nitrogen and oxygen atoms in total. The van der Waals surface area contributed by atoms with Crippen molar-refractivity contribution in [3.63, 3.8) is 0 Å². The maximum atomic E-state index is 13.5. The number of hydrogen-bond donors (Lipinski definition) is 0. The Balaban J connectivity index is 1.76.